The van der Waals surface area contributed by atoms with Crippen molar-refractivity contribution in [3.05, 3.63) is 87.5 Å². The lowest BCUT2D eigenvalue weighted by Gasteiger charge is -2.12. The first-order valence-electron chi connectivity index (χ1n) is 11.5. The molecule has 5 rings (SSSR count). The molecule has 10 heteroatoms. The van der Waals surface area contributed by atoms with E-state index in [1.165, 1.54) is 10.9 Å². The molecule has 0 saturated heterocycles. The zero-order chi connectivity index (χ0) is 25.4. The maximum atomic E-state index is 13.1. The molecule has 0 aliphatic carbocycles. The quantitative estimate of drug-likeness (QED) is 0.378. The number of rotatable bonds is 6. The molecule has 3 heterocycles. The largest absolute Gasteiger partial charge is 0.493 e. The molecule has 182 valence electrons. The molecule has 2 aromatic carbocycles. The number of carbonyl (C=O) groups is 1. The van der Waals surface area contributed by atoms with E-state index in [2.05, 4.69) is 25.5 Å². The Morgan fingerprint density at radius 2 is 1.89 bits per heavy atom. The first-order chi connectivity index (χ1) is 17.4. The van der Waals surface area contributed by atoms with E-state index in [1.807, 2.05) is 39.0 Å². The fourth-order valence-electron chi connectivity index (χ4n) is 4.02. The monoisotopic (exact) mass is 483 g/mol. The van der Waals surface area contributed by atoms with Crippen LogP contribution < -0.4 is 15.6 Å². The number of nitrogens with zero attached hydrogens (tertiary/aromatic N) is 5. The van der Waals surface area contributed by atoms with E-state index in [-0.39, 0.29) is 17.4 Å². The first-order valence-corrected chi connectivity index (χ1v) is 11.5. The number of nitrogens with one attached hydrogen (secondary N) is 2. The van der Waals surface area contributed by atoms with E-state index in [0.29, 0.717) is 40.5 Å². The van der Waals surface area contributed by atoms with Gasteiger partial charge in [0, 0.05) is 6.07 Å². The zero-order valence-corrected chi connectivity index (χ0v) is 20.4. The van der Waals surface area contributed by atoms with Crippen molar-refractivity contribution in [3.8, 4) is 17.4 Å². The lowest BCUT2D eigenvalue weighted by Crippen LogP contribution is -2.19. The molecule has 0 atom stereocenters. The number of fused-ring (bicyclic) bond motifs is 1. The molecule has 3 aromatic heterocycles. The second-order valence-electron chi connectivity index (χ2n) is 8.37. The van der Waals surface area contributed by atoms with Gasteiger partial charge in [-0.2, -0.15) is 19.9 Å². The van der Waals surface area contributed by atoms with Gasteiger partial charge in [0.25, 0.3) is 11.5 Å². The van der Waals surface area contributed by atoms with Crippen molar-refractivity contribution in [1.29, 1.82) is 0 Å². The summed E-state index contributed by atoms with van der Waals surface area (Å²) >= 11 is 0. The van der Waals surface area contributed by atoms with Crippen LogP contribution in [0.3, 0.4) is 0 Å². The fraction of sp³-hybridized carbons (Fsp3) is 0.192. The van der Waals surface area contributed by atoms with Crippen molar-refractivity contribution in [2.75, 3.05) is 11.9 Å². The number of benzene rings is 2. The summed E-state index contributed by atoms with van der Waals surface area (Å²) in [6.45, 7) is 8.09. The number of para-hydroxylation sites is 1. The van der Waals surface area contributed by atoms with Gasteiger partial charge in [-0.1, -0.05) is 24.3 Å². The average molecular weight is 484 g/mol. The topological polar surface area (TPSA) is 120 Å². The highest BCUT2D eigenvalue weighted by atomic mass is 16.5. The summed E-state index contributed by atoms with van der Waals surface area (Å²) in [5, 5.41) is 12.1. The normalized spacial score (nSPS) is 11.1. The van der Waals surface area contributed by atoms with Crippen LogP contribution in [0.2, 0.25) is 0 Å². The first kappa shape index (κ1) is 23.0. The minimum absolute atomic E-state index is 0.154. The fourth-order valence-corrected chi connectivity index (χ4v) is 4.02. The number of ether oxygens (including phenoxy) is 1. The Hall–Kier alpha value is -4.73. The third-order valence-corrected chi connectivity index (χ3v) is 5.94. The lowest BCUT2D eigenvalue weighted by molar-refractivity contribution is 0.102. The number of carbonyl (C=O) groups excluding carboxylic acids is 1. The number of anilines is 1. The summed E-state index contributed by atoms with van der Waals surface area (Å²) in [4.78, 5) is 33.5. The van der Waals surface area contributed by atoms with Gasteiger partial charge in [-0.25, -0.2) is 4.68 Å². The maximum absolute atomic E-state index is 13.1. The standard InChI is InChI=1S/C26H25N7O3/c1-5-36-21-12-7-6-10-18(21)24(34)28-22-13-16(3)31-33(22)26-29-23-19(25(35)30-26)14-27-32(23)20-11-8-9-15(2)17(20)4/h6-14H,5H2,1-4H3,(H,28,34)(H,29,30,35). The van der Waals surface area contributed by atoms with Crippen LogP contribution in [0, 0.1) is 20.8 Å². The van der Waals surface area contributed by atoms with Gasteiger partial charge in [-0.15, -0.1) is 0 Å². The van der Waals surface area contributed by atoms with Crippen LogP contribution in [-0.4, -0.2) is 42.0 Å². The third kappa shape index (κ3) is 4.02. The minimum Gasteiger partial charge on any atom is -0.493 e. The van der Waals surface area contributed by atoms with Gasteiger partial charge in [0.1, 0.15) is 17.0 Å². The predicted octanol–water partition coefficient (Wildman–Crippen LogP) is 3.87. The third-order valence-electron chi connectivity index (χ3n) is 5.94. The van der Waals surface area contributed by atoms with Gasteiger partial charge >= 0.3 is 0 Å². The number of hydrogen-bond donors (Lipinski definition) is 2. The smallest absolute Gasteiger partial charge is 0.263 e. The lowest BCUT2D eigenvalue weighted by atomic mass is 10.1. The van der Waals surface area contributed by atoms with Crippen LogP contribution in [0.5, 0.6) is 5.75 Å². The maximum Gasteiger partial charge on any atom is 0.263 e. The van der Waals surface area contributed by atoms with Crippen molar-refractivity contribution >= 4 is 22.8 Å². The highest BCUT2D eigenvalue weighted by Crippen LogP contribution is 2.23. The molecule has 0 bridgehead atoms. The summed E-state index contributed by atoms with van der Waals surface area (Å²) in [5.74, 6) is 0.611. The Kier molecular flexibility index (Phi) is 5.85. The van der Waals surface area contributed by atoms with Crippen LogP contribution in [0.4, 0.5) is 5.82 Å². The summed E-state index contributed by atoms with van der Waals surface area (Å²) in [6.07, 6.45) is 1.49. The van der Waals surface area contributed by atoms with Crippen molar-refractivity contribution in [2.45, 2.75) is 27.7 Å². The minimum atomic E-state index is -0.371. The average Bonchev–Trinajstić information content (AvgIpc) is 3.45. The summed E-state index contributed by atoms with van der Waals surface area (Å²) < 4.78 is 8.63. The Bertz CT molecular complexity index is 1660. The molecule has 0 saturated carbocycles. The molecule has 0 aliphatic heterocycles. The molecule has 0 aliphatic rings. The van der Waals surface area contributed by atoms with Crippen molar-refractivity contribution in [3.63, 3.8) is 0 Å². The van der Waals surface area contributed by atoms with Crippen LogP contribution >= 0.6 is 0 Å². The van der Waals surface area contributed by atoms with Gasteiger partial charge < -0.3 is 10.1 Å². The highest BCUT2D eigenvalue weighted by Gasteiger charge is 2.19. The van der Waals surface area contributed by atoms with E-state index < -0.39 is 0 Å². The van der Waals surface area contributed by atoms with Crippen molar-refractivity contribution in [2.24, 2.45) is 0 Å². The molecule has 0 unspecified atom stereocenters. The Morgan fingerprint density at radius 3 is 2.69 bits per heavy atom. The van der Waals surface area contributed by atoms with Gasteiger partial charge in [0.15, 0.2) is 5.65 Å². The summed E-state index contributed by atoms with van der Waals surface area (Å²) in [5.41, 5.74) is 3.99. The summed E-state index contributed by atoms with van der Waals surface area (Å²) in [7, 11) is 0. The van der Waals surface area contributed by atoms with Gasteiger partial charge in [0.05, 0.1) is 29.7 Å². The highest BCUT2D eigenvalue weighted by molar-refractivity contribution is 6.05. The zero-order valence-electron chi connectivity index (χ0n) is 20.4. The van der Waals surface area contributed by atoms with Crippen LogP contribution in [0.25, 0.3) is 22.7 Å². The number of aromatic nitrogens is 6. The Morgan fingerprint density at radius 1 is 1.08 bits per heavy atom. The van der Waals surface area contributed by atoms with E-state index in [0.717, 1.165) is 16.8 Å². The summed E-state index contributed by atoms with van der Waals surface area (Å²) in [6, 6.07) is 14.6. The Labute approximate surface area is 206 Å². The molecular weight excluding hydrogens is 458 g/mol. The van der Waals surface area contributed by atoms with Gasteiger partial charge in [-0.3, -0.25) is 14.6 Å². The molecule has 2 N–H and O–H groups in total. The van der Waals surface area contributed by atoms with E-state index >= 15 is 0 Å². The second kappa shape index (κ2) is 9.14. The van der Waals surface area contributed by atoms with Gasteiger partial charge in [0.2, 0.25) is 5.95 Å². The van der Waals surface area contributed by atoms with Crippen LogP contribution in [-0.2, 0) is 0 Å². The molecule has 0 spiro atoms. The molecule has 1 amide bonds. The Balaban J connectivity index is 1.59. The molecule has 10 nitrogen and oxygen atoms in total. The van der Waals surface area contributed by atoms with E-state index in [4.69, 9.17) is 4.74 Å². The SMILES string of the molecule is CCOc1ccccc1C(=O)Nc1cc(C)nn1-c1nc2c(cnn2-c2cccc(C)c2C)c(=O)[nH]1. The van der Waals surface area contributed by atoms with Crippen LogP contribution in [0.1, 0.15) is 34.1 Å². The molecule has 36 heavy (non-hydrogen) atoms. The van der Waals surface area contributed by atoms with Crippen molar-refractivity contribution in [1.82, 2.24) is 29.5 Å². The number of hydrogen-bond acceptors (Lipinski definition) is 6. The number of aromatic amines is 1. The number of H-pyrrole nitrogens is 1. The second-order valence-corrected chi connectivity index (χ2v) is 8.37. The van der Waals surface area contributed by atoms with E-state index in [1.54, 1.807) is 41.9 Å². The number of aryl methyl sites for hydroxylation is 2. The molecule has 5 aromatic rings. The molecule has 0 fully saturated rings. The van der Waals surface area contributed by atoms with E-state index in [9.17, 15) is 9.59 Å². The molecular formula is C26H25N7O3. The number of amides is 1. The van der Waals surface area contributed by atoms with Crippen LogP contribution in [0.15, 0.2) is 59.5 Å². The van der Waals surface area contributed by atoms with Crippen molar-refractivity contribution < 1.29 is 9.53 Å². The molecule has 0 radical (unpaired) electrons. The predicted molar refractivity (Wildman–Crippen MR) is 136 cm³/mol. The van der Waals surface area contributed by atoms with Gasteiger partial charge in [-0.05, 0) is 57.0 Å².